The van der Waals surface area contributed by atoms with Crippen molar-refractivity contribution < 1.29 is 8.99 Å². The van der Waals surface area contributed by atoms with Crippen LogP contribution in [0.5, 0.6) is 0 Å². The minimum atomic E-state index is 0.0727. The highest BCUT2D eigenvalue weighted by Crippen LogP contribution is 2.45. The molecule has 0 spiro atoms. The summed E-state index contributed by atoms with van der Waals surface area (Å²) in [4.78, 5) is 0. The maximum Gasteiger partial charge on any atom is 0.289 e. The lowest BCUT2D eigenvalue weighted by Gasteiger charge is -2.29. The molecule has 7 aromatic carbocycles. The van der Waals surface area contributed by atoms with Gasteiger partial charge >= 0.3 is 0 Å². The molecule has 260 valence electrons. The first-order chi connectivity index (χ1) is 27.3. The number of rotatable bonds is 5. The zero-order valence-electron chi connectivity index (χ0n) is 29.8. The van der Waals surface area contributed by atoms with Crippen LogP contribution >= 0.6 is 11.3 Å². The Labute approximate surface area is 321 Å². The number of hydrogen-bond donors (Lipinski definition) is 1. The minimum absolute atomic E-state index is 0.0727. The summed E-state index contributed by atoms with van der Waals surface area (Å²) in [7, 11) is 0. The van der Waals surface area contributed by atoms with E-state index in [9.17, 15) is 0 Å². The van der Waals surface area contributed by atoms with Crippen molar-refractivity contribution >= 4 is 81.9 Å². The van der Waals surface area contributed by atoms with Crippen molar-refractivity contribution in [3.05, 3.63) is 192 Å². The van der Waals surface area contributed by atoms with E-state index in [-0.39, 0.29) is 12.2 Å². The summed E-state index contributed by atoms with van der Waals surface area (Å²) in [5.74, 6) is 2.09. The van der Waals surface area contributed by atoms with Gasteiger partial charge in [0.25, 0.3) is 12.0 Å². The predicted octanol–water partition coefficient (Wildman–Crippen LogP) is 13.0. The predicted molar refractivity (Wildman–Crippen MR) is 229 cm³/mol. The fourth-order valence-electron chi connectivity index (χ4n) is 9.11. The summed E-state index contributed by atoms with van der Waals surface area (Å²) < 4.78 is 14.1. The summed E-state index contributed by atoms with van der Waals surface area (Å²) in [6.45, 7) is 0. The fourth-order valence-corrected chi connectivity index (χ4v) is 10.2. The third-order valence-electron chi connectivity index (χ3n) is 11.6. The number of fused-ring (bicyclic) bond motifs is 9. The first-order valence-corrected chi connectivity index (χ1v) is 19.8. The number of furan rings is 1. The first kappa shape index (κ1) is 30.7. The second kappa shape index (κ2) is 11.9. The fraction of sp³-hybridized carbons (Fsp3) is 0.0600. The molecule has 5 heteroatoms. The summed E-state index contributed by atoms with van der Waals surface area (Å²) in [6, 6.07) is 59.7. The molecule has 0 saturated carbocycles. The van der Waals surface area contributed by atoms with Crippen LogP contribution in [0.25, 0.3) is 70.2 Å². The van der Waals surface area contributed by atoms with E-state index in [0.29, 0.717) is 0 Å². The van der Waals surface area contributed by atoms with Gasteiger partial charge in [0.05, 0.1) is 11.6 Å². The van der Waals surface area contributed by atoms with E-state index >= 15 is 0 Å². The molecule has 12 rings (SSSR count). The molecule has 2 unspecified atom stereocenters. The molecule has 55 heavy (non-hydrogen) atoms. The van der Waals surface area contributed by atoms with Gasteiger partial charge in [0, 0.05) is 64.6 Å². The molecule has 0 amide bonds. The summed E-state index contributed by atoms with van der Waals surface area (Å²) in [5, 5.41) is 10.1. The maximum atomic E-state index is 6.56. The average molecular weight is 725 g/mol. The van der Waals surface area contributed by atoms with Crippen molar-refractivity contribution in [1.29, 1.82) is 0 Å². The minimum Gasteiger partial charge on any atom is -0.456 e. The second-order valence-electron chi connectivity index (χ2n) is 14.7. The van der Waals surface area contributed by atoms with Gasteiger partial charge in [0.15, 0.2) is 0 Å². The van der Waals surface area contributed by atoms with Gasteiger partial charge in [-0.25, -0.2) is 5.32 Å². The van der Waals surface area contributed by atoms with Crippen molar-refractivity contribution in [3.8, 4) is 11.1 Å². The van der Waals surface area contributed by atoms with Crippen LogP contribution in [-0.4, -0.2) is 15.0 Å². The quantitative estimate of drug-likeness (QED) is 0.179. The Hall–Kier alpha value is -6.69. The third-order valence-corrected chi connectivity index (χ3v) is 12.8. The molecule has 0 saturated heterocycles. The molecular formula is C50H34N3OS+. The summed E-state index contributed by atoms with van der Waals surface area (Å²) >= 11 is 1.87. The molecule has 4 heterocycles. The Morgan fingerprint density at radius 3 is 2.05 bits per heavy atom. The van der Waals surface area contributed by atoms with Crippen molar-refractivity contribution in [3.63, 3.8) is 0 Å². The molecule has 4 nitrogen and oxygen atoms in total. The molecule has 10 aromatic rings. The normalized spacial score (nSPS) is 16.7. The number of allylic oxidation sites excluding steroid dienone is 1. The Bertz CT molecular complexity index is 3170. The lowest BCUT2D eigenvalue weighted by molar-refractivity contribution is -0.531. The number of nitrogens with zero attached hydrogens (tertiary/aromatic N) is 2. The number of para-hydroxylation sites is 2. The number of benzene rings is 7. The van der Waals surface area contributed by atoms with Crippen molar-refractivity contribution in [2.24, 2.45) is 0 Å². The van der Waals surface area contributed by atoms with E-state index in [1.54, 1.807) is 0 Å². The molecule has 1 N–H and O–H groups in total. The first-order valence-electron chi connectivity index (χ1n) is 19.0. The topological polar surface area (TPSA) is 33.1 Å². The van der Waals surface area contributed by atoms with Gasteiger partial charge in [0.1, 0.15) is 17.0 Å². The highest BCUT2D eigenvalue weighted by molar-refractivity contribution is 7.25. The van der Waals surface area contributed by atoms with Crippen LogP contribution in [0.3, 0.4) is 0 Å². The van der Waals surface area contributed by atoms with Crippen molar-refractivity contribution in [2.45, 2.75) is 18.6 Å². The van der Waals surface area contributed by atoms with E-state index in [4.69, 9.17) is 4.42 Å². The zero-order valence-corrected chi connectivity index (χ0v) is 30.6. The standard InChI is InChI=1S/C50H33N3OS/c1-3-12-31(13-4-1)49-51-50(32-14-5-2-6-15-32)52(49)35-24-25-38-39-28-34(23-27-46(39)55-47(38)30-35)33-22-26-44-40(29-33)48-43(20-11-21-45(48)54-44)53-41-18-9-7-16-36(41)37-17-8-10-19-42(37)53/h1-19,21-30,43,49H,20H2/p+1. The van der Waals surface area contributed by atoms with Crippen LogP contribution in [0.4, 0.5) is 5.69 Å². The molecule has 2 aliphatic rings. The molecular weight excluding hydrogens is 691 g/mol. The molecule has 3 aromatic heterocycles. The van der Waals surface area contributed by atoms with Crippen LogP contribution in [0.2, 0.25) is 0 Å². The molecule has 1 aliphatic heterocycles. The van der Waals surface area contributed by atoms with Crippen LogP contribution in [-0.2, 0) is 0 Å². The number of amidine groups is 1. The maximum absolute atomic E-state index is 6.56. The van der Waals surface area contributed by atoms with Gasteiger partial charge in [-0.2, -0.15) is 4.58 Å². The van der Waals surface area contributed by atoms with Crippen LogP contribution in [0, 0.1) is 0 Å². The van der Waals surface area contributed by atoms with E-state index in [1.807, 2.05) is 11.3 Å². The van der Waals surface area contributed by atoms with E-state index in [2.05, 4.69) is 190 Å². The lowest BCUT2D eigenvalue weighted by Crippen LogP contribution is -2.51. The van der Waals surface area contributed by atoms with Gasteiger partial charge < -0.3 is 8.98 Å². The number of thiophene rings is 1. The molecule has 0 bridgehead atoms. The van der Waals surface area contributed by atoms with Gasteiger partial charge in [-0.3, -0.25) is 0 Å². The van der Waals surface area contributed by atoms with E-state index < -0.39 is 0 Å². The number of hydrogen-bond acceptors (Lipinski definition) is 3. The van der Waals surface area contributed by atoms with E-state index in [0.717, 1.165) is 23.6 Å². The van der Waals surface area contributed by atoms with Crippen LogP contribution < -0.4 is 5.32 Å². The monoisotopic (exact) mass is 724 g/mol. The summed E-state index contributed by atoms with van der Waals surface area (Å²) in [6.07, 6.45) is 5.41. The molecule has 1 aliphatic carbocycles. The van der Waals surface area contributed by atoms with Gasteiger partial charge in [-0.1, -0.05) is 103 Å². The average Bonchev–Trinajstić information content (AvgIpc) is 3.90. The van der Waals surface area contributed by atoms with E-state index in [1.165, 1.54) is 80.9 Å². The van der Waals surface area contributed by atoms with Gasteiger partial charge in [-0.05, 0) is 84.3 Å². The number of aromatic nitrogens is 1. The van der Waals surface area contributed by atoms with Gasteiger partial charge in [0.2, 0.25) is 0 Å². The Morgan fingerprint density at radius 1 is 0.582 bits per heavy atom. The number of nitrogens with one attached hydrogen (secondary N) is 1. The van der Waals surface area contributed by atoms with Crippen LogP contribution in [0.15, 0.2) is 174 Å². The second-order valence-corrected chi connectivity index (χ2v) is 15.8. The van der Waals surface area contributed by atoms with Gasteiger partial charge in [-0.15, -0.1) is 11.3 Å². The molecule has 2 atom stereocenters. The Kier molecular flexibility index (Phi) is 6.65. The summed E-state index contributed by atoms with van der Waals surface area (Å²) in [5.41, 5.74) is 10.7. The highest BCUT2D eigenvalue weighted by Gasteiger charge is 2.40. The molecule has 0 radical (unpaired) electrons. The Morgan fingerprint density at radius 2 is 1.27 bits per heavy atom. The largest absolute Gasteiger partial charge is 0.456 e. The smallest absolute Gasteiger partial charge is 0.289 e. The van der Waals surface area contributed by atoms with Crippen molar-refractivity contribution in [2.75, 3.05) is 0 Å². The zero-order chi connectivity index (χ0) is 36.0. The highest BCUT2D eigenvalue weighted by atomic mass is 32.1. The molecule has 0 fully saturated rings. The Balaban J connectivity index is 0.961. The van der Waals surface area contributed by atoms with Crippen LogP contribution in [0.1, 0.15) is 41.1 Å². The lowest BCUT2D eigenvalue weighted by atomic mass is 9.93. The van der Waals surface area contributed by atoms with Crippen molar-refractivity contribution in [1.82, 2.24) is 9.88 Å². The third kappa shape index (κ3) is 4.66. The SMILES string of the molecule is C1=Cc2oc3ccc(-c4ccc5sc6cc([N+]7=C(c8ccccc8)NC7c7ccccc7)ccc6c5c4)cc3c2C(n2c3ccccc3c3ccccc32)C1.